The van der Waals surface area contributed by atoms with Crippen molar-refractivity contribution in [2.75, 3.05) is 11.9 Å². The zero-order chi connectivity index (χ0) is 14.5. The van der Waals surface area contributed by atoms with Gasteiger partial charge in [-0.1, -0.05) is 12.7 Å². The molecule has 104 valence electrons. The number of ether oxygens (including phenoxy) is 1. The minimum atomic E-state index is -1.16. The predicted molar refractivity (Wildman–Crippen MR) is 74.1 cm³/mol. The molecule has 2 heterocycles. The summed E-state index contributed by atoms with van der Waals surface area (Å²) in [5.74, 6) is -0.733. The monoisotopic (exact) mass is 293 g/mol. The third-order valence-electron chi connectivity index (χ3n) is 2.34. The number of carbonyl (C=O) groups excluding carboxylic acids is 1. The Hall–Kier alpha value is -2.54. The van der Waals surface area contributed by atoms with Crippen LogP contribution >= 0.6 is 11.3 Å². The summed E-state index contributed by atoms with van der Waals surface area (Å²) >= 11 is 1.09. The summed E-state index contributed by atoms with van der Waals surface area (Å²) in [5, 5.41) is 13.5. The molecule has 0 aliphatic carbocycles. The fourth-order valence-electron chi connectivity index (χ4n) is 1.54. The SMILES string of the molecule is C=CCOC(=O)Nc1scc(-c2ccco2)c1C(=O)O. The Morgan fingerprint density at radius 3 is 2.95 bits per heavy atom. The summed E-state index contributed by atoms with van der Waals surface area (Å²) in [6.07, 6.45) is 2.13. The number of amides is 1. The highest BCUT2D eigenvalue weighted by atomic mass is 32.1. The molecule has 0 aliphatic rings. The van der Waals surface area contributed by atoms with Crippen molar-refractivity contribution in [1.82, 2.24) is 0 Å². The number of thiophene rings is 1. The molecule has 0 aromatic carbocycles. The number of aromatic carboxylic acids is 1. The molecule has 0 saturated carbocycles. The summed E-state index contributed by atoms with van der Waals surface area (Å²) in [5.41, 5.74) is 0.382. The summed E-state index contributed by atoms with van der Waals surface area (Å²) in [6, 6.07) is 3.30. The van der Waals surface area contributed by atoms with E-state index in [-0.39, 0.29) is 17.2 Å². The van der Waals surface area contributed by atoms with Gasteiger partial charge in [0.25, 0.3) is 0 Å². The number of anilines is 1. The molecule has 0 aliphatic heterocycles. The average molecular weight is 293 g/mol. The van der Waals surface area contributed by atoms with Gasteiger partial charge in [0.05, 0.1) is 6.26 Å². The highest BCUT2D eigenvalue weighted by molar-refractivity contribution is 7.15. The van der Waals surface area contributed by atoms with Crippen molar-refractivity contribution >= 4 is 28.4 Å². The van der Waals surface area contributed by atoms with Crippen LogP contribution in [0.5, 0.6) is 0 Å². The van der Waals surface area contributed by atoms with Crippen LogP contribution in [0, 0.1) is 0 Å². The lowest BCUT2D eigenvalue weighted by Crippen LogP contribution is -2.14. The van der Waals surface area contributed by atoms with Crippen LogP contribution in [0.25, 0.3) is 11.3 Å². The van der Waals surface area contributed by atoms with Gasteiger partial charge >= 0.3 is 12.1 Å². The van der Waals surface area contributed by atoms with Crippen molar-refractivity contribution in [3.63, 3.8) is 0 Å². The van der Waals surface area contributed by atoms with E-state index < -0.39 is 12.1 Å². The number of furan rings is 1. The molecule has 0 atom stereocenters. The van der Waals surface area contributed by atoms with Gasteiger partial charge in [0.15, 0.2) is 0 Å². The molecular weight excluding hydrogens is 282 g/mol. The molecule has 0 unspecified atom stereocenters. The predicted octanol–water partition coefficient (Wildman–Crippen LogP) is 3.44. The molecule has 2 aromatic rings. The minimum absolute atomic E-state index is 0.0273. The largest absolute Gasteiger partial charge is 0.478 e. The third-order valence-corrected chi connectivity index (χ3v) is 3.23. The Morgan fingerprint density at radius 1 is 1.55 bits per heavy atom. The van der Waals surface area contributed by atoms with Crippen molar-refractivity contribution < 1.29 is 23.8 Å². The highest BCUT2D eigenvalue weighted by Gasteiger charge is 2.22. The van der Waals surface area contributed by atoms with E-state index in [1.54, 1.807) is 17.5 Å². The fraction of sp³-hybridized carbons (Fsp3) is 0.0769. The second-order valence-electron chi connectivity index (χ2n) is 3.65. The first-order valence-electron chi connectivity index (χ1n) is 5.56. The number of hydrogen-bond acceptors (Lipinski definition) is 5. The first kappa shape index (κ1) is 13.9. The lowest BCUT2D eigenvalue weighted by molar-refractivity contribution is 0.0699. The van der Waals surface area contributed by atoms with Gasteiger partial charge in [-0.25, -0.2) is 9.59 Å². The van der Waals surface area contributed by atoms with Crippen LogP contribution in [0.3, 0.4) is 0 Å². The molecule has 6 nitrogen and oxygen atoms in total. The zero-order valence-electron chi connectivity index (χ0n) is 10.3. The standard InChI is InChI=1S/C13H11NO5S/c1-2-5-19-13(17)14-11-10(12(15)16)8(7-20-11)9-4-3-6-18-9/h2-4,6-7H,1,5H2,(H,14,17)(H,15,16). The van der Waals surface area contributed by atoms with Gasteiger partial charge in [0.2, 0.25) is 0 Å². The molecule has 0 radical (unpaired) electrons. The maximum Gasteiger partial charge on any atom is 0.412 e. The zero-order valence-corrected chi connectivity index (χ0v) is 11.1. The molecule has 0 saturated heterocycles. The van der Waals surface area contributed by atoms with Crippen LogP contribution in [-0.4, -0.2) is 23.8 Å². The van der Waals surface area contributed by atoms with Crippen LogP contribution in [-0.2, 0) is 4.74 Å². The lowest BCUT2D eigenvalue weighted by Gasteiger charge is -2.04. The first-order chi connectivity index (χ1) is 9.63. The van der Waals surface area contributed by atoms with E-state index in [4.69, 9.17) is 9.15 Å². The molecule has 0 fully saturated rings. The molecule has 20 heavy (non-hydrogen) atoms. The Morgan fingerprint density at radius 2 is 2.35 bits per heavy atom. The van der Waals surface area contributed by atoms with E-state index >= 15 is 0 Å². The maximum absolute atomic E-state index is 11.5. The smallest absolute Gasteiger partial charge is 0.412 e. The highest BCUT2D eigenvalue weighted by Crippen LogP contribution is 2.35. The Balaban J connectivity index is 2.28. The molecule has 1 amide bonds. The fourth-order valence-corrected chi connectivity index (χ4v) is 2.47. The normalized spacial score (nSPS) is 10.0. The van der Waals surface area contributed by atoms with Crippen molar-refractivity contribution in [2.24, 2.45) is 0 Å². The van der Waals surface area contributed by atoms with Gasteiger partial charge < -0.3 is 14.3 Å². The molecule has 2 rings (SSSR count). The van der Waals surface area contributed by atoms with E-state index in [0.29, 0.717) is 11.3 Å². The summed E-state index contributed by atoms with van der Waals surface area (Å²) in [6.45, 7) is 3.46. The summed E-state index contributed by atoms with van der Waals surface area (Å²) < 4.78 is 9.93. The minimum Gasteiger partial charge on any atom is -0.478 e. The van der Waals surface area contributed by atoms with Crippen LogP contribution in [0.4, 0.5) is 9.80 Å². The van der Waals surface area contributed by atoms with E-state index in [9.17, 15) is 14.7 Å². The van der Waals surface area contributed by atoms with Crippen LogP contribution < -0.4 is 5.32 Å². The van der Waals surface area contributed by atoms with E-state index in [1.807, 2.05) is 0 Å². The molecule has 0 bridgehead atoms. The van der Waals surface area contributed by atoms with E-state index in [1.165, 1.54) is 12.3 Å². The third kappa shape index (κ3) is 2.89. The number of carbonyl (C=O) groups is 2. The molecule has 7 heteroatoms. The molecule has 0 spiro atoms. The first-order valence-corrected chi connectivity index (χ1v) is 6.44. The second-order valence-corrected chi connectivity index (χ2v) is 4.53. The van der Waals surface area contributed by atoms with Crippen molar-refractivity contribution in [2.45, 2.75) is 0 Å². The number of carboxylic acids is 1. The van der Waals surface area contributed by atoms with Gasteiger partial charge in [-0.15, -0.1) is 11.3 Å². The Bertz CT molecular complexity index is 629. The van der Waals surface area contributed by atoms with Crippen LogP contribution in [0.15, 0.2) is 40.8 Å². The van der Waals surface area contributed by atoms with Gasteiger partial charge in [0, 0.05) is 10.9 Å². The lowest BCUT2D eigenvalue weighted by atomic mass is 10.1. The van der Waals surface area contributed by atoms with Crippen molar-refractivity contribution in [3.05, 3.63) is 42.0 Å². The molecule has 2 aromatic heterocycles. The number of hydrogen-bond donors (Lipinski definition) is 2. The van der Waals surface area contributed by atoms with Crippen molar-refractivity contribution in [3.8, 4) is 11.3 Å². The van der Waals surface area contributed by atoms with E-state index in [2.05, 4.69) is 11.9 Å². The summed E-state index contributed by atoms with van der Waals surface area (Å²) in [4.78, 5) is 22.8. The van der Waals surface area contributed by atoms with Gasteiger partial charge in [-0.05, 0) is 12.1 Å². The Kier molecular flexibility index (Phi) is 4.21. The number of rotatable bonds is 5. The van der Waals surface area contributed by atoms with Gasteiger partial charge in [-0.3, -0.25) is 5.32 Å². The van der Waals surface area contributed by atoms with Gasteiger partial charge in [-0.2, -0.15) is 0 Å². The van der Waals surface area contributed by atoms with Crippen molar-refractivity contribution in [1.29, 1.82) is 0 Å². The van der Waals surface area contributed by atoms with E-state index in [0.717, 1.165) is 11.3 Å². The maximum atomic E-state index is 11.5. The van der Waals surface area contributed by atoms with Gasteiger partial charge in [0.1, 0.15) is 22.9 Å². The summed E-state index contributed by atoms with van der Waals surface area (Å²) in [7, 11) is 0. The van der Waals surface area contributed by atoms with Crippen LogP contribution in [0.2, 0.25) is 0 Å². The average Bonchev–Trinajstić information content (AvgIpc) is 3.04. The second kappa shape index (κ2) is 6.07. The number of carboxylic acid groups (broad SMARTS) is 1. The quantitative estimate of drug-likeness (QED) is 0.824. The molecular formula is C13H11NO5S. The Labute approximate surface area is 118 Å². The molecule has 2 N–H and O–H groups in total. The topological polar surface area (TPSA) is 88.8 Å². The number of nitrogens with one attached hydrogen (secondary N) is 1. The van der Waals surface area contributed by atoms with Crippen LogP contribution in [0.1, 0.15) is 10.4 Å².